The number of rotatable bonds is 10. The molecule has 0 radical (unpaired) electrons. The fourth-order valence-electron chi connectivity index (χ4n) is 4.18. The first-order valence-electron chi connectivity index (χ1n) is 12.1. The van der Waals surface area contributed by atoms with Crippen LogP contribution in [0.3, 0.4) is 0 Å². The molecule has 0 aliphatic heterocycles. The third kappa shape index (κ3) is 5.90. The zero-order chi connectivity index (χ0) is 27.2. The van der Waals surface area contributed by atoms with Gasteiger partial charge in [-0.25, -0.2) is 18.3 Å². The number of ether oxygens (including phenoxy) is 1. The lowest BCUT2D eigenvalue weighted by Gasteiger charge is -2.26. The van der Waals surface area contributed by atoms with Crippen molar-refractivity contribution in [2.75, 3.05) is 25.1 Å². The van der Waals surface area contributed by atoms with Gasteiger partial charge in [-0.15, -0.1) is 21.6 Å². The fourth-order valence-corrected chi connectivity index (χ4v) is 5.06. The number of nitriles is 2. The van der Waals surface area contributed by atoms with Crippen LogP contribution in [0.2, 0.25) is 0 Å². The minimum absolute atomic E-state index is 0.388. The summed E-state index contributed by atoms with van der Waals surface area (Å²) in [6, 6.07) is 8.22. The van der Waals surface area contributed by atoms with E-state index in [4.69, 9.17) is 4.74 Å². The zero-order valence-corrected chi connectivity index (χ0v) is 23.1. The van der Waals surface area contributed by atoms with Gasteiger partial charge in [-0.1, -0.05) is 0 Å². The number of methoxy groups -OCH3 is 1. The number of azo groups is 1. The number of imidazole rings is 2. The summed E-state index contributed by atoms with van der Waals surface area (Å²) in [5, 5.41) is 28.0. The lowest BCUT2D eigenvalue weighted by atomic mass is 10.1. The molecule has 0 aliphatic carbocycles. The lowest BCUT2D eigenvalue weighted by Crippen LogP contribution is -2.32. The van der Waals surface area contributed by atoms with Crippen molar-refractivity contribution < 1.29 is 13.9 Å². The molecule has 0 fully saturated rings. The second-order valence-electron chi connectivity index (χ2n) is 9.09. The molecule has 38 heavy (non-hydrogen) atoms. The molecule has 0 atom stereocenters. The van der Waals surface area contributed by atoms with Crippen LogP contribution in [0.4, 0.5) is 16.4 Å². The van der Waals surface area contributed by atoms with E-state index in [1.165, 1.54) is 11.3 Å². The first-order valence-corrected chi connectivity index (χ1v) is 13.0. The first kappa shape index (κ1) is 26.6. The van der Waals surface area contributed by atoms with Crippen LogP contribution in [0.1, 0.15) is 21.6 Å². The first-order chi connectivity index (χ1) is 18.3. The van der Waals surface area contributed by atoms with Crippen molar-refractivity contribution in [1.29, 1.82) is 10.5 Å². The van der Waals surface area contributed by atoms with E-state index in [-0.39, 0.29) is 0 Å². The van der Waals surface area contributed by atoms with Gasteiger partial charge in [0, 0.05) is 6.07 Å². The SMILES string of the molecule is COc1cc(N=Nc2sc(C#N)c(C)c2C#N)c(C)cc1N(CCn1cc[n+](C)c1)CCn1cc[n+](C)c1. The molecule has 0 spiro atoms. The summed E-state index contributed by atoms with van der Waals surface area (Å²) in [6.07, 6.45) is 12.3. The molecule has 1 aromatic carbocycles. The maximum atomic E-state index is 9.52. The number of hydrogen-bond donors (Lipinski definition) is 0. The third-order valence-electron chi connectivity index (χ3n) is 6.33. The summed E-state index contributed by atoms with van der Waals surface area (Å²) >= 11 is 1.17. The Bertz CT molecular complexity index is 1500. The summed E-state index contributed by atoms with van der Waals surface area (Å²) in [7, 11) is 5.68. The average molecular weight is 530 g/mol. The number of aryl methyl sites for hydroxylation is 3. The number of hydrogen-bond acceptors (Lipinski definition) is 7. The molecule has 4 rings (SSSR count). The van der Waals surface area contributed by atoms with Crippen LogP contribution in [0.25, 0.3) is 0 Å². The van der Waals surface area contributed by atoms with Crippen LogP contribution in [0.15, 0.2) is 59.8 Å². The summed E-state index contributed by atoms with van der Waals surface area (Å²) in [5.74, 6) is 0.696. The van der Waals surface area contributed by atoms with Crippen LogP contribution in [0.5, 0.6) is 5.75 Å². The number of thiophene rings is 1. The molecule has 0 saturated heterocycles. The van der Waals surface area contributed by atoms with Crippen LogP contribution in [0, 0.1) is 36.5 Å². The Morgan fingerprint density at radius 2 is 1.61 bits per heavy atom. The van der Waals surface area contributed by atoms with Crippen molar-refractivity contribution >= 4 is 27.7 Å². The topological polar surface area (TPSA) is 102 Å². The highest BCUT2D eigenvalue weighted by molar-refractivity contribution is 7.16. The third-order valence-corrected chi connectivity index (χ3v) is 7.41. The van der Waals surface area contributed by atoms with E-state index in [0.29, 0.717) is 32.4 Å². The van der Waals surface area contributed by atoms with Gasteiger partial charge in [0.25, 0.3) is 0 Å². The summed E-state index contributed by atoms with van der Waals surface area (Å²) in [6.45, 7) is 6.95. The summed E-state index contributed by atoms with van der Waals surface area (Å²) in [5.41, 5.74) is 3.59. The number of aromatic nitrogens is 4. The van der Waals surface area contributed by atoms with Gasteiger partial charge >= 0.3 is 0 Å². The highest BCUT2D eigenvalue weighted by Gasteiger charge is 2.18. The van der Waals surface area contributed by atoms with Gasteiger partial charge in [0.15, 0.2) is 5.00 Å². The normalized spacial score (nSPS) is 11.0. The molecular formula is C27H31N9OS+2. The van der Waals surface area contributed by atoms with Crippen LogP contribution in [-0.4, -0.2) is 29.3 Å². The van der Waals surface area contributed by atoms with Crippen molar-refractivity contribution in [1.82, 2.24) is 9.13 Å². The molecule has 10 nitrogen and oxygen atoms in total. The monoisotopic (exact) mass is 529 g/mol. The van der Waals surface area contributed by atoms with Crippen LogP contribution < -0.4 is 18.8 Å². The molecule has 3 aromatic heterocycles. The zero-order valence-electron chi connectivity index (χ0n) is 22.3. The highest BCUT2D eigenvalue weighted by Crippen LogP contribution is 2.38. The van der Waals surface area contributed by atoms with E-state index in [0.717, 1.165) is 37.4 Å². The van der Waals surface area contributed by atoms with Gasteiger partial charge in [-0.2, -0.15) is 10.5 Å². The predicted octanol–water partition coefficient (Wildman–Crippen LogP) is 3.99. The fraction of sp³-hybridized carbons (Fsp3) is 0.333. The maximum Gasteiger partial charge on any atom is 0.243 e. The second kappa shape index (κ2) is 11.7. The van der Waals surface area contributed by atoms with E-state index in [1.807, 2.05) is 48.6 Å². The van der Waals surface area contributed by atoms with Crippen molar-refractivity contribution in [3.63, 3.8) is 0 Å². The van der Waals surface area contributed by atoms with Gasteiger partial charge < -0.3 is 9.64 Å². The minimum atomic E-state index is 0.388. The number of nitrogens with zero attached hydrogens (tertiary/aromatic N) is 9. The van der Waals surface area contributed by atoms with Crippen molar-refractivity contribution in [2.45, 2.75) is 26.9 Å². The lowest BCUT2D eigenvalue weighted by molar-refractivity contribution is -0.671. The van der Waals surface area contributed by atoms with Crippen LogP contribution >= 0.6 is 11.3 Å². The molecular weight excluding hydrogens is 498 g/mol. The van der Waals surface area contributed by atoms with Crippen molar-refractivity contribution in [3.8, 4) is 17.9 Å². The Kier molecular flexibility index (Phi) is 8.19. The van der Waals surface area contributed by atoms with Gasteiger partial charge in [0.2, 0.25) is 12.7 Å². The molecule has 0 aliphatic rings. The van der Waals surface area contributed by atoms with Crippen molar-refractivity contribution in [2.24, 2.45) is 24.3 Å². The average Bonchev–Trinajstić information content (AvgIpc) is 3.61. The Morgan fingerprint density at radius 1 is 0.974 bits per heavy atom. The molecule has 0 unspecified atom stereocenters. The van der Waals surface area contributed by atoms with E-state index < -0.39 is 0 Å². The van der Waals surface area contributed by atoms with Crippen LogP contribution in [-0.2, 0) is 27.2 Å². The Labute approximate surface area is 226 Å². The standard InChI is InChI=1S/C27H31N9OS/c1-20-14-24(25(37-5)15-23(20)30-31-27-22(16-28)21(2)26(17-29)38-27)36(12-10-34-8-6-32(3)18-34)13-11-35-9-7-33(4)19-35/h6-9,14-15,18-19H,10-13H2,1-5H3/q+2. The maximum absolute atomic E-state index is 9.52. The molecule has 0 bridgehead atoms. The molecule has 4 aromatic rings. The number of benzene rings is 1. The van der Waals surface area contributed by atoms with Gasteiger partial charge in [0.1, 0.15) is 60.6 Å². The van der Waals surface area contributed by atoms with Gasteiger partial charge in [-0.3, -0.25) is 0 Å². The van der Waals surface area contributed by atoms with Crippen molar-refractivity contribution in [3.05, 3.63) is 71.1 Å². The summed E-state index contributed by atoms with van der Waals surface area (Å²) < 4.78 is 14.2. The highest BCUT2D eigenvalue weighted by atomic mass is 32.1. The van der Waals surface area contributed by atoms with Gasteiger partial charge in [0.05, 0.1) is 51.2 Å². The second-order valence-corrected chi connectivity index (χ2v) is 10.1. The molecule has 194 valence electrons. The summed E-state index contributed by atoms with van der Waals surface area (Å²) in [4.78, 5) is 2.80. The van der Waals surface area contributed by atoms with Gasteiger partial charge in [-0.05, 0) is 31.0 Å². The molecule has 0 amide bonds. The number of anilines is 1. The van der Waals surface area contributed by atoms with E-state index in [1.54, 1.807) is 14.0 Å². The molecule has 0 N–H and O–H groups in total. The minimum Gasteiger partial charge on any atom is -0.495 e. The quantitative estimate of drug-likeness (QED) is 0.229. The molecule has 0 saturated carbocycles. The Balaban J connectivity index is 1.63. The Hall–Kier alpha value is -4.48. The van der Waals surface area contributed by atoms with E-state index in [2.05, 4.69) is 67.5 Å². The largest absolute Gasteiger partial charge is 0.495 e. The van der Waals surface area contributed by atoms with E-state index >= 15 is 0 Å². The molecule has 11 heteroatoms. The molecule has 3 heterocycles. The smallest absolute Gasteiger partial charge is 0.243 e. The predicted molar refractivity (Wildman–Crippen MR) is 144 cm³/mol. The Morgan fingerprint density at radius 3 is 2.11 bits per heavy atom. The van der Waals surface area contributed by atoms with E-state index in [9.17, 15) is 10.5 Å².